The second-order valence-electron chi connectivity index (χ2n) is 2.69. The fraction of sp³-hybridized carbons (Fsp3) is 0. The van der Waals surface area contributed by atoms with Gasteiger partial charge in [0.05, 0.1) is 15.7 Å². The summed E-state index contributed by atoms with van der Waals surface area (Å²) in [4.78, 5) is 11.5. The molecule has 0 radical (unpaired) electrons. The van der Waals surface area contributed by atoms with Gasteiger partial charge in [-0.3, -0.25) is 0 Å². The Morgan fingerprint density at radius 2 is 2.07 bits per heavy atom. The molecule has 2 heterocycles. The highest BCUT2D eigenvalue weighted by Gasteiger charge is 2.04. The zero-order valence-corrected chi connectivity index (χ0v) is 9.71. The van der Waals surface area contributed by atoms with Crippen molar-refractivity contribution in [1.82, 2.24) is 10.2 Å². The number of rotatable bonds is 2. The van der Waals surface area contributed by atoms with E-state index < -0.39 is 5.97 Å². The van der Waals surface area contributed by atoms with Crippen LogP contribution in [0.5, 0.6) is 0 Å². The van der Waals surface area contributed by atoms with E-state index in [1.165, 1.54) is 6.07 Å². The maximum Gasteiger partial charge on any atom is 0.128 e. The number of hydrogen-bond acceptors (Lipinski definition) is 5. The zero-order chi connectivity index (χ0) is 10.8. The van der Waals surface area contributed by atoms with E-state index in [0.29, 0.717) is 10.3 Å². The molecule has 15 heavy (non-hydrogen) atoms. The van der Waals surface area contributed by atoms with E-state index in [4.69, 9.17) is 0 Å². The van der Waals surface area contributed by atoms with E-state index in [2.05, 4.69) is 26.1 Å². The molecule has 2 rings (SSSR count). The molecule has 0 saturated heterocycles. The number of aromatic carboxylic acids is 1. The number of carboxylic acid groups (broad SMARTS) is 1. The van der Waals surface area contributed by atoms with Crippen LogP contribution in [0.25, 0.3) is 10.6 Å². The van der Waals surface area contributed by atoms with Gasteiger partial charge >= 0.3 is 0 Å². The van der Waals surface area contributed by atoms with E-state index in [0.717, 1.165) is 16.2 Å². The molecule has 6 heteroatoms. The van der Waals surface area contributed by atoms with Crippen LogP contribution in [0, 0.1) is 0 Å². The van der Waals surface area contributed by atoms with Crippen molar-refractivity contribution >= 4 is 33.2 Å². The molecule has 0 amide bonds. The Balaban J connectivity index is 2.37. The van der Waals surface area contributed by atoms with Crippen LogP contribution < -0.4 is 5.11 Å². The predicted octanol–water partition coefficient (Wildman–Crippen LogP) is 1.33. The number of halogens is 1. The lowest BCUT2D eigenvalue weighted by atomic mass is 10.3. The third kappa shape index (κ3) is 2.21. The van der Waals surface area contributed by atoms with Gasteiger partial charge in [-0.05, 0) is 40.2 Å². The molecule has 0 unspecified atom stereocenters. The summed E-state index contributed by atoms with van der Waals surface area (Å²) >= 11 is 4.29. The van der Waals surface area contributed by atoms with Crippen molar-refractivity contribution in [1.29, 1.82) is 0 Å². The number of hydrogen-bond donors (Lipinski definition) is 0. The highest BCUT2D eigenvalue weighted by atomic mass is 79.9. The van der Waals surface area contributed by atoms with E-state index in [9.17, 15) is 9.90 Å². The third-order valence-corrected chi connectivity index (χ3v) is 3.20. The Hall–Kier alpha value is -1.27. The number of nitrogens with zero attached hydrogens (tertiary/aromatic N) is 2. The van der Waals surface area contributed by atoms with Crippen molar-refractivity contribution < 1.29 is 9.90 Å². The summed E-state index contributed by atoms with van der Waals surface area (Å²) < 4.78 is 0.642. The summed E-state index contributed by atoms with van der Waals surface area (Å²) in [5.41, 5.74) is 0.649. The summed E-state index contributed by atoms with van der Waals surface area (Å²) in [5, 5.41) is 18.3. The molecule has 4 nitrogen and oxygen atoms in total. The quantitative estimate of drug-likeness (QED) is 0.834. The van der Waals surface area contributed by atoms with Crippen molar-refractivity contribution in [2.24, 2.45) is 0 Å². The van der Waals surface area contributed by atoms with Crippen molar-refractivity contribution in [3.63, 3.8) is 0 Å². The Labute approximate surface area is 97.7 Å². The molecule has 2 aromatic heterocycles. The van der Waals surface area contributed by atoms with Gasteiger partial charge in [-0.1, -0.05) is 0 Å². The van der Waals surface area contributed by atoms with Crippen molar-refractivity contribution in [2.75, 3.05) is 0 Å². The topological polar surface area (TPSA) is 65.9 Å². The van der Waals surface area contributed by atoms with Gasteiger partial charge in [0, 0.05) is 0 Å². The number of thiophene rings is 1. The molecular formula is C9H4BrN2O2S-. The molecule has 0 aromatic carbocycles. The SMILES string of the molecule is O=C([O-])c1ccc(-c2ccc(Br)nn2)s1. The summed E-state index contributed by atoms with van der Waals surface area (Å²) in [5.74, 6) is -1.17. The lowest BCUT2D eigenvalue weighted by Gasteiger charge is -1.96. The highest BCUT2D eigenvalue weighted by Crippen LogP contribution is 2.26. The van der Waals surface area contributed by atoms with Gasteiger partial charge in [0.15, 0.2) is 0 Å². The number of carbonyl (C=O) groups is 1. The molecule has 0 aliphatic carbocycles. The summed E-state index contributed by atoms with van der Waals surface area (Å²) in [7, 11) is 0. The minimum atomic E-state index is -1.17. The summed E-state index contributed by atoms with van der Waals surface area (Å²) in [6, 6.07) is 6.70. The largest absolute Gasteiger partial charge is 0.544 e. The first kappa shape index (κ1) is 10.3. The first-order chi connectivity index (χ1) is 7.16. The molecule has 2 aromatic rings. The van der Waals surface area contributed by atoms with Gasteiger partial charge < -0.3 is 9.90 Å². The van der Waals surface area contributed by atoms with Gasteiger partial charge in [0.2, 0.25) is 0 Å². The fourth-order valence-corrected chi connectivity index (χ4v) is 2.05. The lowest BCUT2D eigenvalue weighted by Crippen LogP contribution is -2.20. The van der Waals surface area contributed by atoms with Crippen LogP contribution in [0.1, 0.15) is 9.67 Å². The van der Waals surface area contributed by atoms with Crippen LogP contribution >= 0.6 is 27.3 Å². The number of aromatic nitrogens is 2. The monoisotopic (exact) mass is 283 g/mol. The molecule has 0 spiro atoms. The highest BCUT2D eigenvalue weighted by molar-refractivity contribution is 9.10. The van der Waals surface area contributed by atoms with E-state index in [-0.39, 0.29) is 4.88 Å². The third-order valence-electron chi connectivity index (χ3n) is 1.69. The van der Waals surface area contributed by atoms with E-state index >= 15 is 0 Å². The predicted molar refractivity (Wildman–Crippen MR) is 57.4 cm³/mol. The van der Waals surface area contributed by atoms with Gasteiger partial charge in [-0.15, -0.1) is 21.5 Å². The average Bonchev–Trinajstić information content (AvgIpc) is 2.68. The zero-order valence-electron chi connectivity index (χ0n) is 7.31. The Morgan fingerprint density at radius 3 is 2.60 bits per heavy atom. The Morgan fingerprint density at radius 1 is 1.27 bits per heavy atom. The van der Waals surface area contributed by atoms with Gasteiger partial charge in [-0.2, -0.15) is 0 Å². The molecule has 0 fully saturated rings. The lowest BCUT2D eigenvalue weighted by molar-refractivity contribution is -0.254. The molecule has 0 aliphatic heterocycles. The summed E-state index contributed by atoms with van der Waals surface area (Å²) in [6.07, 6.45) is 0. The van der Waals surface area contributed by atoms with Crippen molar-refractivity contribution in [3.05, 3.63) is 33.7 Å². The number of carbonyl (C=O) groups excluding carboxylic acids is 1. The molecule has 76 valence electrons. The van der Waals surface area contributed by atoms with Gasteiger partial charge in [0.1, 0.15) is 10.3 Å². The van der Waals surface area contributed by atoms with Crippen LogP contribution in [0.2, 0.25) is 0 Å². The molecular weight excluding hydrogens is 280 g/mol. The summed E-state index contributed by atoms with van der Waals surface area (Å²) in [6.45, 7) is 0. The first-order valence-electron chi connectivity index (χ1n) is 3.97. The minimum Gasteiger partial charge on any atom is -0.544 e. The first-order valence-corrected chi connectivity index (χ1v) is 5.58. The molecule has 0 aliphatic rings. The Kier molecular flexibility index (Phi) is 2.79. The van der Waals surface area contributed by atoms with Gasteiger partial charge in [-0.25, -0.2) is 0 Å². The van der Waals surface area contributed by atoms with E-state index in [1.54, 1.807) is 18.2 Å². The maximum atomic E-state index is 10.6. The van der Waals surface area contributed by atoms with Crippen LogP contribution in [-0.4, -0.2) is 16.2 Å². The second kappa shape index (κ2) is 4.08. The van der Waals surface area contributed by atoms with Crippen LogP contribution in [0.15, 0.2) is 28.9 Å². The van der Waals surface area contributed by atoms with Crippen LogP contribution in [-0.2, 0) is 0 Å². The minimum absolute atomic E-state index is 0.190. The normalized spacial score (nSPS) is 10.2. The van der Waals surface area contributed by atoms with Crippen molar-refractivity contribution in [3.8, 4) is 10.6 Å². The fourth-order valence-electron chi connectivity index (χ4n) is 1.03. The van der Waals surface area contributed by atoms with Gasteiger partial charge in [0.25, 0.3) is 0 Å². The van der Waals surface area contributed by atoms with Crippen LogP contribution in [0.4, 0.5) is 0 Å². The molecule has 0 bridgehead atoms. The second-order valence-corrected chi connectivity index (χ2v) is 4.59. The standard InChI is InChI=1S/C9H5BrN2O2S/c10-8-4-1-5(11-12-8)6-2-3-7(15-6)9(13)14/h1-4H,(H,13,14)/p-1. The number of carboxylic acids is 1. The average molecular weight is 284 g/mol. The van der Waals surface area contributed by atoms with E-state index in [1.807, 2.05) is 0 Å². The molecule has 0 N–H and O–H groups in total. The Bertz CT molecular complexity index is 495. The van der Waals surface area contributed by atoms with Crippen LogP contribution in [0.3, 0.4) is 0 Å². The molecule has 0 saturated carbocycles. The maximum absolute atomic E-state index is 10.6. The van der Waals surface area contributed by atoms with Crippen molar-refractivity contribution in [2.45, 2.75) is 0 Å². The molecule has 0 atom stereocenters. The smallest absolute Gasteiger partial charge is 0.128 e.